The highest BCUT2D eigenvalue weighted by atomic mass is 16.5. The number of carboxylic acid groups (broad SMARTS) is 1. The van der Waals surface area contributed by atoms with Crippen molar-refractivity contribution in [2.75, 3.05) is 20.2 Å². The van der Waals surface area contributed by atoms with Crippen LogP contribution in [0.25, 0.3) is 0 Å². The molecule has 1 aromatic heterocycles. The van der Waals surface area contributed by atoms with Gasteiger partial charge in [-0.1, -0.05) is 6.42 Å². The Balaban J connectivity index is 1.87. The molecule has 1 unspecified atom stereocenters. The van der Waals surface area contributed by atoms with Gasteiger partial charge in [0.15, 0.2) is 11.4 Å². The van der Waals surface area contributed by atoms with Gasteiger partial charge in [0.1, 0.15) is 0 Å². The highest BCUT2D eigenvalue weighted by molar-refractivity contribution is 5.88. The van der Waals surface area contributed by atoms with Crippen LogP contribution in [0.15, 0.2) is 18.3 Å². The van der Waals surface area contributed by atoms with Crippen molar-refractivity contribution in [3.8, 4) is 5.75 Å². The van der Waals surface area contributed by atoms with E-state index in [0.717, 1.165) is 13.0 Å². The minimum atomic E-state index is -1.05. The van der Waals surface area contributed by atoms with Crippen LogP contribution >= 0.6 is 0 Å². The van der Waals surface area contributed by atoms with E-state index >= 15 is 0 Å². The Kier molecular flexibility index (Phi) is 4.74. The van der Waals surface area contributed by atoms with Gasteiger partial charge in [-0.05, 0) is 45.0 Å². The zero-order valence-electron chi connectivity index (χ0n) is 11.2. The predicted molar refractivity (Wildman–Crippen MR) is 71.6 cm³/mol. The summed E-state index contributed by atoms with van der Waals surface area (Å²) in [4.78, 5) is 17.2. The van der Waals surface area contributed by atoms with Crippen molar-refractivity contribution in [2.24, 2.45) is 0 Å². The van der Waals surface area contributed by atoms with Crippen LogP contribution < -0.4 is 4.74 Å². The summed E-state index contributed by atoms with van der Waals surface area (Å²) in [6, 6.07) is 3.88. The van der Waals surface area contributed by atoms with Gasteiger partial charge in [-0.15, -0.1) is 0 Å². The molecular weight excluding hydrogens is 244 g/mol. The van der Waals surface area contributed by atoms with Crippen LogP contribution in [0.3, 0.4) is 0 Å². The molecule has 0 amide bonds. The van der Waals surface area contributed by atoms with E-state index in [0.29, 0.717) is 18.4 Å². The lowest BCUT2D eigenvalue weighted by Gasteiger charge is -2.32. The number of aromatic carboxylic acids is 1. The second-order valence-electron chi connectivity index (χ2n) is 4.92. The number of ether oxygens (including phenoxy) is 1. The summed E-state index contributed by atoms with van der Waals surface area (Å²) in [5.74, 6) is -0.696. The van der Waals surface area contributed by atoms with Crippen LogP contribution in [0.5, 0.6) is 5.75 Å². The number of aromatic nitrogens is 1. The Morgan fingerprint density at radius 2 is 2.42 bits per heavy atom. The van der Waals surface area contributed by atoms with E-state index in [1.807, 2.05) is 0 Å². The summed E-state index contributed by atoms with van der Waals surface area (Å²) < 4.78 is 5.58. The van der Waals surface area contributed by atoms with Gasteiger partial charge in [-0.3, -0.25) is 0 Å². The molecule has 1 atom stereocenters. The molecule has 104 valence electrons. The van der Waals surface area contributed by atoms with Crippen LogP contribution in [-0.2, 0) is 0 Å². The molecular formula is C14H20N2O3. The maximum atomic E-state index is 11.0. The normalized spacial score (nSPS) is 20.2. The summed E-state index contributed by atoms with van der Waals surface area (Å²) in [6.07, 6.45) is 6.11. The van der Waals surface area contributed by atoms with Gasteiger partial charge in [-0.2, -0.15) is 0 Å². The van der Waals surface area contributed by atoms with Crippen LogP contribution in [0.1, 0.15) is 36.2 Å². The van der Waals surface area contributed by atoms with Crippen molar-refractivity contribution in [1.29, 1.82) is 0 Å². The molecule has 1 saturated heterocycles. The van der Waals surface area contributed by atoms with Gasteiger partial charge in [0.2, 0.25) is 0 Å². The predicted octanol–water partition coefficient (Wildman–Crippen LogP) is 2.03. The Morgan fingerprint density at radius 1 is 1.58 bits per heavy atom. The number of hydrogen-bond acceptors (Lipinski definition) is 4. The number of pyridine rings is 1. The lowest BCUT2D eigenvalue weighted by molar-refractivity contribution is 0.0684. The Bertz CT molecular complexity index is 436. The van der Waals surface area contributed by atoms with Gasteiger partial charge in [-0.25, -0.2) is 9.78 Å². The molecule has 1 aromatic rings. The number of nitrogens with zero attached hydrogens (tertiary/aromatic N) is 2. The monoisotopic (exact) mass is 264 g/mol. The molecule has 19 heavy (non-hydrogen) atoms. The average Bonchev–Trinajstić information content (AvgIpc) is 2.41. The molecule has 1 aliphatic rings. The minimum absolute atomic E-state index is 0.0144. The third-order valence-corrected chi connectivity index (χ3v) is 3.60. The summed E-state index contributed by atoms with van der Waals surface area (Å²) in [5, 5.41) is 9.01. The Morgan fingerprint density at radius 3 is 3.16 bits per heavy atom. The van der Waals surface area contributed by atoms with E-state index in [1.54, 1.807) is 12.1 Å². The summed E-state index contributed by atoms with van der Waals surface area (Å²) in [6.45, 7) is 1.67. The fourth-order valence-electron chi connectivity index (χ4n) is 2.48. The average molecular weight is 264 g/mol. The first-order valence-corrected chi connectivity index (χ1v) is 6.70. The molecule has 0 saturated carbocycles. The first-order chi connectivity index (χ1) is 9.18. The second-order valence-corrected chi connectivity index (χ2v) is 4.92. The second kappa shape index (κ2) is 6.52. The number of piperidine rings is 1. The maximum Gasteiger partial charge on any atom is 0.358 e. The standard InChI is InChI=1S/C14H20N2O3/c1-16-9-3-2-5-11(16)7-10-19-12-6-4-8-15-13(12)14(17)18/h4,6,8,11H,2-3,5,7,9-10H2,1H3,(H,17,18). The largest absolute Gasteiger partial charge is 0.491 e. The van der Waals surface area contributed by atoms with Crippen molar-refractivity contribution >= 4 is 5.97 Å². The molecule has 1 fully saturated rings. The van der Waals surface area contributed by atoms with Crippen molar-refractivity contribution < 1.29 is 14.6 Å². The Labute approximate surface area is 113 Å². The fourth-order valence-corrected chi connectivity index (χ4v) is 2.48. The lowest BCUT2D eigenvalue weighted by Crippen LogP contribution is -2.37. The highest BCUT2D eigenvalue weighted by Gasteiger charge is 2.19. The molecule has 0 bridgehead atoms. The van der Waals surface area contributed by atoms with Crippen molar-refractivity contribution in [3.63, 3.8) is 0 Å². The van der Waals surface area contributed by atoms with Crippen molar-refractivity contribution in [1.82, 2.24) is 9.88 Å². The van der Waals surface area contributed by atoms with E-state index in [-0.39, 0.29) is 5.69 Å². The van der Waals surface area contributed by atoms with E-state index in [1.165, 1.54) is 25.5 Å². The lowest BCUT2D eigenvalue weighted by atomic mass is 10.0. The highest BCUT2D eigenvalue weighted by Crippen LogP contribution is 2.19. The molecule has 2 rings (SSSR count). The summed E-state index contributed by atoms with van der Waals surface area (Å²) in [7, 11) is 2.14. The summed E-state index contributed by atoms with van der Waals surface area (Å²) in [5.41, 5.74) is -0.0144. The van der Waals surface area contributed by atoms with E-state index in [4.69, 9.17) is 9.84 Å². The molecule has 5 heteroatoms. The van der Waals surface area contributed by atoms with Crippen LogP contribution in [0.2, 0.25) is 0 Å². The van der Waals surface area contributed by atoms with Crippen LogP contribution in [0, 0.1) is 0 Å². The fraction of sp³-hybridized carbons (Fsp3) is 0.571. The summed E-state index contributed by atoms with van der Waals surface area (Å²) >= 11 is 0. The third-order valence-electron chi connectivity index (χ3n) is 3.60. The molecule has 0 radical (unpaired) electrons. The molecule has 0 aliphatic carbocycles. The quantitative estimate of drug-likeness (QED) is 0.881. The minimum Gasteiger partial charge on any atom is -0.491 e. The zero-order chi connectivity index (χ0) is 13.7. The number of carboxylic acids is 1. The maximum absolute atomic E-state index is 11.0. The SMILES string of the molecule is CN1CCCCC1CCOc1cccnc1C(=O)O. The van der Waals surface area contributed by atoms with Crippen molar-refractivity contribution in [2.45, 2.75) is 31.7 Å². The van der Waals surface area contributed by atoms with Crippen molar-refractivity contribution in [3.05, 3.63) is 24.0 Å². The van der Waals surface area contributed by atoms with Gasteiger partial charge in [0, 0.05) is 12.2 Å². The topological polar surface area (TPSA) is 62.7 Å². The number of hydrogen-bond donors (Lipinski definition) is 1. The molecule has 0 spiro atoms. The van der Waals surface area contributed by atoms with Gasteiger partial charge in [0.25, 0.3) is 0 Å². The first-order valence-electron chi connectivity index (χ1n) is 6.70. The van der Waals surface area contributed by atoms with Gasteiger partial charge in [0.05, 0.1) is 6.61 Å². The van der Waals surface area contributed by atoms with Gasteiger partial charge < -0.3 is 14.7 Å². The van der Waals surface area contributed by atoms with Crippen LogP contribution in [0.4, 0.5) is 0 Å². The molecule has 1 N–H and O–H groups in total. The zero-order valence-corrected chi connectivity index (χ0v) is 11.2. The molecule has 0 aromatic carbocycles. The number of carbonyl (C=O) groups is 1. The van der Waals surface area contributed by atoms with Crippen LogP contribution in [-0.4, -0.2) is 47.2 Å². The smallest absolute Gasteiger partial charge is 0.358 e. The number of rotatable bonds is 5. The first kappa shape index (κ1) is 13.8. The molecule has 5 nitrogen and oxygen atoms in total. The molecule has 1 aliphatic heterocycles. The van der Waals surface area contributed by atoms with E-state index in [2.05, 4.69) is 16.9 Å². The number of likely N-dealkylation sites (tertiary alicyclic amines) is 1. The third kappa shape index (κ3) is 3.67. The van der Waals surface area contributed by atoms with E-state index in [9.17, 15) is 4.79 Å². The van der Waals surface area contributed by atoms with Gasteiger partial charge >= 0.3 is 5.97 Å². The Hall–Kier alpha value is -1.62. The van der Waals surface area contributed by atoms with E-state index < -0.39 is 5.97 Å². The molecule has 2 heterocycles.